The van der Waals surface area contributed by atoms with Gasteiger partial charge in [0.1, 0.15) is 13.1 Å². The molecular formula is C25H48N2NaO4+. The van der Waals surface area contributed by atoms with Crippen molar-refractivity contribution < 1.29 is 54.5 Å². The summed E-state index contributed by atoms with van der Waals surface area (Å²) in [6.07, 6.45) is 23.2. The number of amidine groups is 1. The van der Waals surface area contributed by atoms with Crippen LogP contribution in [0.4, 0.5) is 0 Å². The largest absolute Gasteiger partial charge is 1.00 e. The predicted octanol–water partition coefficient (Wildman–Crippen LogP) is 2.55. The van der Waals surface area contributed by atoms with Crippen molar-refractivity contribution in [3.63, 3.8) is 0 Å². The molecule has 1 aliphatic heterocycles. The van der Waals surface area contributed by atoms with E-state index in [1.165, 1.54) is 83.5 Å². The number of quaternary nitrogens is 1. The molecule has 0 fully saturated rings. The van der Waals surface area contributed by atoms with Crippen molar-refractivity contribution in [3.8, 4) is 0 Å². The molecule has 0 aromatic carbocycles. The number of aliphatic hydroxyl groups is 1. The summed E-state index contributed by atoms with van der Waals surface area (Å²) in [5.41, 5.74) is 0. The first-order chi connectivity index (χ1) is 14.6. The fourth-order valence-electron chi connectivity index (χ4n) is 4.37. The Balaban J connectivity index is 0. The molecule has 7 heteroatoms. The van der Waals surface area contributed by atoms with Crippen molar-refractivity contribution in [2.45, 2.75) is 103 Å². The zero-order valence-electron chi connectivity index (χ0n) is 20.9. The number of hydrogen-bond acceptors (Lipinski definition) is 4. The third-order valence-electron chi connectivity index (χ3n) is 6.31. The molecule has 1 aliphatic rings. The van der Waals surface area contributed by atoms with Crippen LogP contribution in [-0.4, -0.2) is 64.8 Å². The standard InChI is InChI=1S/C25H46N2O3.Na.H2O/c1-2-3-4-5-6-7-8-9-10-11-12-13-14-15-16-17-24-26-19-21-27(24,22-23-28)20-18-25(29)30;;/h16-17,28H,2-15,18-23H2,1H3;;1H2/q;+1;. The fraction of sp³-hybridized carbons (Fsp3) is 0.840. The van der Waals surface area contributed by atoms with Crippen LogP contribution in [0.5, 0.6) is 0 Å². The van der Waals surface area contributed by atoms with Gasteiger partial charge < -0.3 is 15.7 Å². The van der Waals surface area contributed by atoms with Crippen LogP contribution in [0.1, 0.15) is 103 Å². The number of unbranched alkanes of at least 4 members (excludes halogenated alkanes) is 13. The minimum atomic E-state index is -0.785. The van der Waals surface area contributed by atoms with Crippen LogP contribution in [0, 0.1) is 0 Å². The number of aliphatic imine (C=N–C) groups is 1. The van der Waals surface area contributed by atoms with Gasteiger partial charge in [-0.25, -0.2) is 4.99 Å². The summed E-state index contributed by atoms with van der Waals surface area (Å²) >= 11 is 0. The van der Waals surface area contributed by atoms with Gasteiger partial charge in [0, 0.05) is 6.08 Å². The van der Waals surface area contributed by atoms with E-state index in [2.05, 4.69) is 24.1 Å². The molecule has 0 amide bonds. The quantitative estimate of drug-likeness (QED) is 0.165. The number of allylic oxidation sites excluding steroid dienone is 1. The average Bonchev–Trinajstić information content (AvgIpc) is 3.12. The Morgan fingerprint density at radius 2 is 1.47 bits per heavy atom. The minimum Gasteiger partial charge on any atom is -0.870 e. The summed E-state index contributed by atoms with van der Waals surface area (Å²) in [7, 11) is 0. The van der Waals surface area contributed by atoms with Crippen LogP contribution >= 0.6 is 0 Å². The van der Waals surface area contributed by atoms with E-state index in [9.17, 15) is 9.90 Å². The van der Waals surface area contributed by atoms with Crippen LogP contribution < -0.4 is 29.6 Å². The summed E-state index contributed by atoms with van der Waals surface area (Å²) in [4.78, 5) is 15.6. The second-order valence-corrected chi connectivity index (χ2v) is 8.86. The van der Waals surface area contributed by atoms with E-state index >= 15 is 0 Å². The van der Waals surface area contributed by atoms with E-state index in [1.54, 1.807) is 0 Å². The van der Waals surface area contributed by atoms with Gasteiger partial charge in [-0.3, -0.25) is 9.28 Å². The Hall–Kier alpha value is -0.240. The number of aliphatic carboxylic acids is 1. The molecule has 1 unspecified atom stereocenters. The Labute approximate surface area is 218 Å². The Kier molecular flexibility index (Phi) is 23.9. The molecule has 0 saturated carbocycles. The Morgan fingerprint density at radius 1 is 0.938 bits per heavy atom. The minimum absolute atomic E-state index is 0. The molecule has 0 aromatic heterocycles. The molecule has 182 valence electrons. The Bertz CT molecular complexity index is 514. The van der Waals surface area contributed by atoms with Crippen LogP contribution in [0.25, 0.3) is 0 Å². The second-order valence-electron chi connectivity index (χ2n) is 8.86. The maximum Gasteiger partial charge on any atom is 1.00 e. The molecule has 6 nitrogen and oxygen atoms in total. The first-order valence-electron chi connectivity index (χ1n) is 12.5. The number of carboxylic acids is 1. The van der Waals surface area contributed by atoms with E-state index in [1.807, 2.05) is 0 Å². The molecule has 1 atom stereocenters. The van der Waals surface area contributed by atoms with Gasteiger partial charge in [0.25, 0.3) is 0 Å². The van der Waals surface area contributed by atoms with Crippen molar-refractivity contribution in [2.24, 2.45) is 4.99 Å². The number of aliphatic hydroxyl groups excluding tert-OH is 1. The van der Waals surface area contributed by atoms with E-state index in [4.69, 9.17) is 5.11 Å². The normalized spacial score (nSPS) is 17.8. The van der Waals surface area contributed by atoms with Crippen molar-refractivity contribution in [3.05, 3.63) is 12.2 Å². The van der Waals surface area contributed by atoms with E-state index < -0.39 is 5.97 Å². The smallest absolute Gasteiger partial charge is 0.870 e. The van der Waals surface area contributed by atoms with E-state index in [0.717, 1.165) is 25.3 Å². The molecule has 1 heterocycles. The first-order valence-corrected chi connectivity index (χ1v) is 12.5. The number of hydrogen-bond donors (Lipinski definition) is 2. The molecule has 0 saturated heterocycles. The van der Waals surface area contributed by atoms with Crippen LogP contribution in [0.3, 0.4) is 0 Å². The number of carbonyl (C=O) groups is 1. The van der Waals surface area contributed by atoms with Gasteiger partial charge in [-0.05, 0) is 12.8 Å². The predicted molar refractivity (Wildman–Crippen MR) is 128 cm³/mol. The molecule has 0 radical (unpaired) electrons. The zero-order valence-corrected chi connectivity index (χ0v) is 22.9. The molecule has 0 spiro atoms. The maximum atomic E-state index is 11.0. The molecule has 3 N–H and O–H groups in total. The van der Waals surface area contributed by atoms with Gasteiger partial charge in [-0.2, -0.15) is 0 Å². The summed E-state index contributed by atoms with van der Waals surface area (Å²) < 4.78 is 0.512. The second kappa shape index (κ2) is 22.5. The van der Waals surface area contributed by atoms with Crippen LogP contribution in [-0.2, 0) is 4.79 Å². The third-order valence-corrected chi connectivity index (χ3v) is 6.31. The number of nitrogens with zero attached hydrogens (tertiary/aromatic N) is 2. The van der Waals surface area contributed by atoms with E-state index in [0.29, 0.717) is 17.6 Å². The van der Waals surface area contributed by atoms with Crippen molar-refractivity contribution in [1.29, 1.82) is 0 Å². The summed E-state index contributed by atoms with van der Waals surface area (Å²) in [6.45, 7) is 4.91. The number of rotatable bonds is 20. The number of carboxylic acid groups (broad SMARTS) is 1. The van der Waals surface area contributed by atoms with Gasteiger partial charge >= 0.3 is 35.5 Å². The molecule has 0 bridgehead atoms. The first kappa shape index (κ1) is 33.9. The monoisotopic (exact) mass is 463 g/mol. The fourth-order valence-corrected chi connectivity index (χ4v) is 4.37. The van der Waals surface area contributed by atoms with Gasteiger partial charge in [-0.1, -0.05) is 90.0 Å². The summed E-state index contributed by atoms with van der Waals surface area (Å²) in [6, 6.07) is 0. The molecule has 0 aliphatic carbocycles. The molecule has 0 aromatic rings. The van der Waals surface area contributed by atoms with E-state index in [-0.39, 0.29) is 48.1 Å². The van der Waals surface area contributed by atoms with Gasteiger partial charge in [-0.15, -0.1) is 0 Å². The molecule has 32 heavy (non-hydrogen) atoms. The average molecular weight is 464 g/mol. The van der Waals surface area contributed by atoms with Crippen molar-refractivity contribution in [2.75, 3.05) is 32.8 Å². The van der Waals surface area contributed by atoms with Crippen LogP contribution in [0.2, 0.25) is 0 Å². The molecule has 1 rings (SSSR count). The summed E-state index contributed by atoms with van der Waals surface area (Å²) in [5, 5.41) is 18.5. The topological polar surface area (TPSA) is 99.9 Å². The maximum absolute atomic E-state index is 11.0. The molecular weight excluding hydrogens is 415 g/mol. The van der Waals surface area contributed by atoms with Gasteiger partial charge in [0.15, 0.2) is 0 Å². The van der Waals surface area contributed by atoms with Crippen molar-refractivity contribution >= 4 is 11.8 Å². The Morgan fingerprint density at radius 3 is 1.97 bits per heavy atom. The SMILES string of the molecule is CCCCCCCCCCCCCCCC=CC1=NCC[N+]1(CCO)CCC(=O)O.[Na+].[OH-]. The third kappa shape index (κ3) is 15.6. The van der Waals surface area contributed by atoms with Crippen LogP contribution in [0.15, 0.2) is 17.1 Å². The zero-order chi connectivity index (χ0) is 21.9. The van der Waals surface area contributed by atoms with Crippen molar-refractivity contribution in [1.82, 2.24) is 0 Å². The summed E-state index contributed by atoms with van der Waals surface area (Å²) in [5.74, 6) is 0.160. The van der Waals surface area contributed by atoms with Gasteiger partial charge in [0.05, 0.1) is 26.1 Å². The van der Waals surface area contributed by atoms with Gasteiger partial charge in [0.2, 0.25) is 5.84 Å².